The van der Waals surface area contributed by atoms with Crippen molar-refractivity contribution in [2.75, 3.05) is 0 Å². The van der Waals surface area contributed by atoms with Crippen LogP contribution in [0.1, 0.15) is 43.5 Å². The lowest BCUT2D eigenvalue weighted by Gasteiger charge is -2.20. The second kappa shape index (κ2) is 3.38. The lowest BCUT2D eigenvalue weighted by Crippen LogP contribution is -2.12. The van der Waals surface area contributed by atoms with Crippen LogP contribution in [-0.4, -0.2) is 9.67 Å². The number of nitrogens with zero attached hydrogens (tertiary/aromatic N) is 1. The first-order valence-corrected chi connectivity index (χ1v) is 6.11. The zero-order valence-corrected chi connectivity index (χ0v) is 9.32. The van der Waals surface area contributed by atoms with Crippen LogP contribution in [0.2, 0.25) is 0 Å². The normalized spacial score (nSPS) is 33.9. The van der Waals surface area contributed by atoms with Gasteiger partial charge in [-0.1, -0.05) is 6.92 Å². The summed E-state index contributed by atoms with van der Waals surface area (Å²) in [6.07, 6.45) is 6.58. The van der Waals surface area contributed by atoms with Crippen molar-refractivity contribution in [3.63, 3.8) is 0 Å². The molecule has 3 atom stereocenters. The first-order chi connectivity index (χ1) is 7.25. The molecule has 0 amide bonds. The minimum atomic E-state index is -0.202. The van der Waals surface area contributed by atoms with E-state index in [0.29, 0.717) is 0 Å². The van der Waals surface area contributed by atoms with Crippen molar-refractivity contribution in [3.05, 3.63) is 23.5 Å². The maximum Gasteiger partial charge on any atom is 0.0807 e. The number of hydrogen-bond donors (Lipinski definition) is 1. The van der Waals surface area contributed by atoms with Crippen LogP contribution >= 0.6 is 0 Å². The van der Waals surface area contributed by atoms with Crippen LogP contribution in [-0.2, 0) is 13.0 Å². The van der Waals surface area contributed by atoms with E-state index in [1.807, 2.05) is 0 Å². The molecule has 2 aliphatic rings. The zero-order chi connectivity index (χ0) is 10.4. The monoisotopic (exact) mass is 205 g/mol. The standard InChI is InChI=1S/C13H19NO/c1-9-7-10(9)8-14-6-5-11-12(14)3-2-4-13(11)15/h5-6,9-10,13,15H,2-4,7-8H2,1H3. The van der Waals surface area contributed by atoms with Gasteiger partial charge in [0, 0.05) is 24.0 Å². The number of rotatable bonds is 2. The van der Waals surface area contributed by atoms with Gasteiger partial charge in [-0.15, -0.1) is 0 Å². The fourth-order valence-electron chi connectivity index (χ4n) is 2.81. The molecule has 0 bridgehead atoms. The Balaban J connectivity index is 1.83. The molecule has 0 radical (unpaired) electrons. The Labute approximate surface area is 90.9 Å². The minimum Gasteiger partial charge on any atom is -0.388 e. The summed E-state index contributed by atoms with van der Waals surface area (Å²) < 4.78 is 2.38. The second-order valence-corrected chi connectivity index (χ2v) is 5.25. The highest BCUT2D eigenvalue weighted by Gasteiger charge is 2.33. The first kappa shape index (κ1) is 9.46. The van der Waals surface area contributed by atoms with E-state index in [1.54, 1.807) is 0 Å². The summed E-state index contributed by atoms with van der Waals surface area (Å²) in [5, 5.41) is 9.86. The third kappa shape index (κ3) is 1.61. The van der Waals surface area contributed by atoms with Crippen molar-refractivity contribution in [3.8, 4) is 0 Å². The molecule has 1 N–H and O–H groups in total. The van der Waals surface area contributed by atoms with Gasteiger partial charge in [-0.05, 0) is 43.6 Å². The van der Waals surface area contributed by atoms with E-state index < -0.39 is 0 Å². The van der Waals surface area contributed by atoms with Crippen molar-refractivity contribution >= 4 is 0 Å². The van der Waals surface area contributed by atoms with E-state index in [1.165, 1.54) is 24.2 Å². The SMILES string of the molecule is CC1CC1Cn1ccc2c1CCCC2O. The quantitative estimate of drug-likeness (QED) is 0.788. The van der Waals surface area contributed by atoms with Gasteiger partial charge < -0.3 is 9.67 Å². The third-order valence-electron chi connectivity index (χ3n) is 4.07. The van der Waals surface area contributed by atoms with Crippen molar-refractivity contribution in [2.24, 2.45) is 11.8 Å². The molecule has 0 aromatic carbocycles. The Hall–Kier alpha value is -0.760. The van der Waals surface area contributed by atoms with Crippen LogP contribution in [0.25, 0.3) is 0 Å². The summed E-state index contributed by atoms with van der Waals surface area (Å²) in [6, 6.07) is 2.12. The molecule has 1 saturated carbocycles. The molecule has 1 fully saturated rings. The van der Waals surface area contributed by atoms with Crippen molar-refractivity contribution < 1.29 is 5.11 Å². The molecule has 0 saturated heterocycles. The highest BCUT2D eigenvalue weighted by atomic mass is 16.3. The number of fused-ring (bicyclic) bond motifs is 1. The number of aliphatic hydroxyl groups is 1. The number of aromatic nitrogens is 1. The molecule has 2 nitrogen and oxygen atoms in total. The summed E-state index contributed by atoms with van der Waals surface area (Å²) in [6.45, 7) is 3.50. The molecular formula is C13H19NO. The fourth-order valence-corrected chi connectivity index (χ4v) is 2.81. The van der Waals surface area contributed by atoms with Gasteiger partial charge >= 0.3 is 0 Å². The Morgan fingerprint density at radius 3 is 3.07 bits per heavy atom. The van der Waals surface area contributed by atoms with Crippen LogP contribution in [0.4, 0.5) is 0 Å². The molecule has 15 heavy (non-hydrogen) atoms. The summed E-state index contributed by atoms with van der Waals surface area (Å²) in [4.78, 5) is 0. The maximum atomic E-state index is 9.86. The Morgan fingerprint density at radius 2 is 2.33 bits per heavy atom. The largest absolute Gasteiger partial charge is 0.388 e. The van der Waals surface area contributed by atoms with Gasteiger partial charge in [-0.3, -0.25) is 0 Å². The average Bonchev–Trinajstić information content (AvgIpc) is 2.75. The highest BCUT2D eigenvalue weighted by Crippen LogP contribution is 2.40. The summed E-state index contributed by atoms with van der Waals surface area (Å²) in [7, 11) is 0. The van der Waals surface area contributed by atoms with E-state index in [9.17, 15) is 5.11 Å². The van der Waals surface area contributed by atoms with Gasteiger partial charge in [0.15, 0.2) is 0 Å². The second-order valence-electron chi connectivity index (χ2n) is 5.25. The minimum absolute atomic E-state index is 0.202. The molecule has 2 aliphatic carbocycles. The van der Waals surface area contributed by atoms with Gasteiger partial charge in [-0.2, -0.15) is 0 Å². The van der Waals surface area contributed by atoms with E-state index in [-0.39, 0.29) is 6.10 Å². The predicted octanol–water partition coefficient (Wildman–Crippen LogP) is 2.51. The Morgan fingerprint density at radius 1 is 1.53 bits per heavy atom. The van der Waals surface area contributed by atoms with Gasteiger partial charge in [0.1, 0.15) is 0 Å². The van der Waals surface area contributed by atoms with E-state index in [4.69, 9.17) is 0 Å². The fraction of sp³-hybridized carbons (Fsp3) is 0.692. The topological polar surface area (TPSA) is 25.2 Å². The number of aliphatic hydroxyl groups excluding tert-OH is 1. The van der Waals surface area contributed by atoms with Crippen molar-refractivity contribution in [2.45, 2.75) is 45.3 Å². The molecule has 2 heteroatoms. The van der Waals surface area contributed by atoms with Gasteiger partial charge in [0.25, 0.3) is 0 Å². The average molecular weight is 205 g/mol. The van der Waals surface area contributed by atoms with Crippen LogP contribution in [0.5, 0.6) is 0 Å². The van der Waals surface area contributed by atoms with E-state index in [0.717, 1.165) is 31.1 Å². The Bertz CT molecular complexity index is 369. The molecule has 0 aliphatic heterocycles. The van der Waals surface area contributed by atoms with Crippen molar-refractivity contribution in [1.82, 2.24) is 4.57 Å². The summed E-state index contributed by atoms with van der Waals surface area (Å²) in [5.41, 5.74) is 2.59. The Kier molecular flexibility index (Phi) is 2.13. The van der Waals surface area contributed by atoms with Crippen LogP contribution < -0.4 is 0 Å². The van der Waals surface area contributed by atoms with E-state index in [2.05, 4.69) is 23.8 Å². The molecule has 3 rings (SSSR count). The van der Waals surface area contributed by atoms with Gasteiger partial charge in [0.2, 0.25) is 0 Å². The number of hydrogen-bond acceptors (Lipinski definition) is 1. The zero-order valence-electron chi connectivity index (χ0n) is 9.32. The molecule has 1 aromatic heterocycles. The molecular weight excluding hydrogens is 186 g/mol. The predicted molar refractivity (Wildman–Crippen MR) is 59.6 cm³/mol. The molecule has 1 aromatic rings. The molecule has 82 valence electrons. The molecule has 3 unspecified atom stereocenters. The van der Waals surface area contributed by atoms with E-state index >= 15 is 0 Å². The highest BCUT2D eigenvalue weighted by molar-refractivity contribution is 5.27. The lowest BCUT2D eigenvalue weighted by atomic mass is 9.95. The summed E-state index contributed by atoms with van der Waals surface area (Å²) in [5.74, 6) is 1.80. The summed E-state index contributed by atoms with van der Waals surface area (Å²) >= 11 is 0. The molecule has 1 heterocycles. The van der Waals surface area contributed by atoms with Crippen molar-refractivity contribution in [1.29, 1.82) is 0 Å². The molecule has 0 spiro atoms. The van der Waals surface area contributed by atoms with Crippen LogP contribution in [0.3, 0.4) is 0 Å². The smallest absolute Gasteiger partial charge is 0.0807 e. The lowest BCUT2D eigenvalue weighted by molar-refractivity contribution is 0.155. The maximum absolute atomic E-state index is 9.86. The third-order valence-corrected chi connectivity index (χ3v) is 4.07. The van der Waals surface area contributed by atoms with Gasteiger partial charge in [-0.25, -0.2) is 0 Å². The van der Waals surface area contributed by atoms with Crippen LogP contribution in [0.15, 0.2) is 12.3 Å². The van der Waals surface area contributed by atoms with Gasteiger partial charge in [0.05, 0.1) is 6.10 Å². The first-order valence-electron chi connectivity index (χ1n) is 6.11. The van der Waals surface area contributed by atoms with Crippen LogP contribution in [0, 0.1) is 11.8 Å².